The molecule has 1 unspecified atom stereocenters. The second-order valence-electron chi connectivity index (χ2n) is 6.44. The van der Waals surface area contributed by atoms with Crippen molar-refractivity contribution in [3.63, 3.8) is 0 Å². The zero-order valence-electron chi connectivity index (χ0n) is 11.2. The first-order valence-corrected chi connectivity index (χ1v) is 5.69. The highest BCUT2D eigenvalue weighted by Gasteiger charge is 2.25. The Morgan fingerprint density at radius 2 is 1.75 bits per heavy atom. The molecular formula is C12H23N3O. The molecule has 0 radical (unpaired) electrons. The Morgan fingerprint density at radius 1 is 1.19 bits per heavy atom. The summed E-state index contributed by atoms with van der Waals surface area (Å²) in [6.45, 7) is 12.5. The van der Waals surface area contributed by atoms with Crippen molar-refractivity contribution in [1.29, 1.82) is 0 Å². The number of rotatable bonds is 2. The van der Waals surface area contributed by atoms with Crippen molar-refractivity contribution in [2.75, 3.05) is 0 Å². The van der Waals surface area contributed by atoms with Crippen molar-refractivity contribution in [2.45, 2.75) is 59.4 Å². The minimum absolute atomic E-state index is 0.0285. The molecule has 4 nitrogen and oxygen atoms in total. The molecule has 0 aliphatic carbocycles. The van der Waals surface area contributed by atoms with Crippen LogP contribution in [-0.2, 0) is 11.8 Å². The van der Waals surface area contributed by atoms with E-state index in [2.05, 4.69) is 51.7 Å². The van der Waals surface area contributed by atoms with Crippen LogP contribution >= 0.6 is 0 Å². The fourth-order valence-electron chi connectivity index (χ4n) is 1.14. The maximum Gasteiger partial charge on any atom is 0.228 e. The molecule has 1 heterocycles. The maximum absolute atomic E-state index is 6.07. The Kier molecular flexibility index (Phi) is 3.43. The van der Waals surface area contributed by atoms with Crippen LogP contribution in [0.5, 0.6) is 0 Å². The molecule has 4 heteroatoms. The van der Waals surface area contributed by atoms with Gasteiger partial charge in [-0.1, -0.05) is 46.7 Å². The van der Waals surface area contributed by atoms with Crippen LogP contribution in [0, 0.1) is 5.41 Å². The lowest BCUT2D eigenvalue weighted by molar-refractivity contribution is 0.284. The summed E-state index contributed by atoms with van der Waals surface area (Å²) in [4.78, 5) is 4.38. The molecular weight excluding hydrogens is 202 g/mol. The molecule has 0 amide bonds. The first-order valence-electron chi connectivity index (χ1n) is 5.69. The van der Waals surface area contributed by atoms with Gasteiger partial charge in [-0.2, -0.15) is 4.98 Å². The highest BCUT2D eigenvalue weighted by Crippen LogP contribution is 2.22. The lowest BCUT2D eigenvalue weighted by Gasteiger charge is -2.25. The molecule has 16 heavy (non-hydrogen) atoms. The Labute approximate surface area is 97.6 Å². The van der Waals surface area contributed by atoms with Crippen molar-refractivity contribution < 1.29 is 4.52 Å². The molecule has 0 saturated heterocycles. The summed E-state index contributed by atoms with van der Waals surface area (Å²) < 4.78 is 5.22. The lowest BCUT2D eigenvalue weighted by atomic mass is 9.85. The van der Waals surface area contributed by atoms with Gasteiger partial charge in [0.1, 0.15) is 0 Å². The lowest BCUT2D eigenvalue weighted by Crippen LogP contribution is -2.37. The number of aromatic nitrogens is 2. The van der Waals surface area contributed by atoms with Crippen LogP contribution in [0.15, 0.2) is 4.52 Å². The van der Waals surface area contributed by atoms with Gasteiger partial charge in [0.25, 0.3) is 0 Å². The van der Waals surface area contributed by atoms with E-state index in [1.54, 1.807) is 0 Å². The van der Waals surface area contributed by atoms with Crippen molar-refractivity contribution in [3.8, 4) is 0 Å². The predicted octanol–water partition coefficient (Wildman–Crippen LogP) is 2.28. The first kappa shape index (κ1) is 13.2. The summed E-state index contributed by atoms with van der Waals surface area (Å²) in [5.74, 6) is 1.37. The average Bonchev–Trinajstić information content (AvgIpc) is 2.49. The highest BCUT2D eigenvalue weighted by molar-refractivity contribution is 5.01. The molecule has 2 N–H and O–H groups in total. The molecule has 0 aliphatic rings. The maximum atomic E-state index is 6.07. The molecule has 0 bridgehead atoms. The van der Waals surface area contributed by atoms with Gasteiger partial charge in [0.05, 0.1) is 0 Å². The third-order valence-electron chi connectivity index (χ3n) is 2.65. The number of nitrogens with two attached hydrogens (primary N) is 1. The van der Waals surface area contributed by atoms with Crippen LogP contribution in [0.3, 0.4) is 0 Å². The van der Waals surface area contributed by atoms with Crippen LogP contribution in [-0.4, -0.2) is 16.2 Å². The Balaban J connectivity index is 2.74. The topological polar surface area (TPSA) is 64.9 Å². The summed E-state index contributed by atoms with van der Waals surface area (Å²) in [6.07, 6.45) is 0.632. The molecule has 1 rings (SSSR count). The van der Waals surface area contributed by atoms with E-state index in [1.807, 2.05) is 0 Å². The van der Waals surface area contributed by atoms with E-state index in [4.69, 9.17) is 10.3 Å². The molecule has 0 spiro atoms. The average molecular weight is 225 g/mol. The van der Waals surface area contributed by atoms with Gasteiger partial charge in [-0.25, -0.2) is 0 Å². The van der Waals surface area contributed by atoms with Gasteiger partial charge in [0.2, 0.25) is 5.89 Å². The Bertz CT molecular complexity index is 344. The molecule has 92 valence electrons. The monoisotopic (exact) mass is 225 g/mol. The van der Waals surface area contributed by atoms with Crippen LogP contribution in [0.25, 0.3) is 0 Å². The molecule has 1 aromatic heterocycles. The molecule has 0 aromatic carbocycles. The third-order valence-corrected chi connectivity index (χ3v) is 2.65. The van der Waals surface area contributed by atoms with Crippen molar-refractivity contribution >= 4 is 0 Å². The minimum Gasteiger partial charge on any atom is -0.339 e. The van der Waals surface area contributed by atoms with E-state index < -0.39 is 0 Å². The normalized spacial score (nSPS) is 15.2. The molecule has 1 aromatic rings. The summed E-state index contributed by atoms with van der Waals surface area (Å²) in [5.41, 5.74) is 6.05. The summed E-state index contributed by atoms with van der Waals surface area (Å²) in [5, 5.41) is 3.98. The Hall–Kier alpha value is -0.900. The molecule has 0 aliphatic heterocycles. The van der Waals surface area contributed by atoms with Crippen molar-refractivity contribution in [3.05, 3.63) is 11.7 Å². The smallest absolute Gasteiger partial charge is 0.228 e. The summed E-state index contributed by atoms with van der Waals surface area (Å²) >= 11 is 0. The van der Waals surface area contributed by atoms with Gasteiger partial charge in [0, 0.05) is 17.9 Å². The van der Waals surface area contributed by atoms with E-state index in [1.165, 1.54) is 0 Å². The third kappa shape index (κ3) is 3.30. The second-order valence-corrected chi connectivity index (χ2v) is 6.44. The largest absolute Gasteiger partial charge is 0.339 e. The second kappa shape index (κ2) is 4.17. The molecule has 0 saturated carbocycles. The molecule has 1 atom stereocenters. The highest BCUT2D eigenvalue weighted by atomic mass is 16.5. The van der Waals surface area contributed by atoms with Crippen molar-refractivity contribution in [1.82, 2.24) is 10.1 Å². The van der Waals surface area contributed by atoms with Crippen LogP contribution in [0.4, 0.5) is 0 Å². The van der Waals surface area contributed by atoms with Gasteiger partial charge in [-0.05, 0) is 5.41 Å². The SMILES string of the molecule is CC(C)(C)c1noc(CC(N)C(C)(C)C)n1. The number of nitrogens with zero attached hydrogens (tertiary/aromatic N) is 2. The van der Waals surface area contributed by atoms with Crippen LogP contribution in [0.1, 0.15) is 53.3 Å². The van der Waals surface area contributed by atoms with Gasteiger partial charge >= 0.3 is 0 Å². The zero-order valence-corrected chi connectivity index (χ0v) is 11.2. The van der Waals surface area contributed by atoms with Gasteiger partial charge < -0.3 is 10.3 Å². The van der Waals surface area contributed by atoms with Gasteiger partial charge in [-0.3, -0.25) is 0 Å². The Morgan fingerprint density at radius 3 is 2.12 bits per heavy atom. The van der Waals surface area contributed by atoms with E-state index >= 15 is 0 Å². The molecule has 0 fully saturated rings. The van der Waals surface area contributed by atoms with Gasteiger partial charge in [-0.15, -0.1) is 0 Å². The number of hydrogen-bond donors (Lipinski definition) is 1. The van der Waals surface area contributed by atoms with Gasteiger partial charge in [0.15, 0.2) is 5.82 Å². The summed E-state index contributed by atoms with van der Waals surface area (Å²) in [7, 11) is 0. The van der Waals surface area contributed by atoms with Crippen LogP contribution in [0.2, 0.25) is 0 Å². The number of hydrogen-bond acceptors (Lipinski definition) is 4. The van der Waals surface area contributed by atoms with E-state index in [0.29, 0.717) is 12.3 Å². The minimum atomic E-state index is -0.0758. The van der Waals surface area contributed by atoms with E-state index in [9.17, 15) is 0 Å². The van der Waals surface area contributed by atoms with Crippen molar-refractivity contribution in [2.24, 2.45) is 11.1 Å². The van der Waals surface area contributed by atoms with E-state index in [-0.39, 0.29) is 16.9 Å². The van der Waals surface area contributed by atoms with E-state index in [0.717, 1.165) is 5.82 Å². The predicted molar refractivity (Wildman–Crippen MR) is 64.1 cm³/mol. The summed E-state index contributed by atoms with van der Waals surface area (Å²) in [6, 6.07) is 0.0285. The standard InChI is InChI=1S/C12H23N3O/c1-11(2,3)8(13)7-9-14-10(15-16-9)12(4,5)6/h8H,7,13H2,1-6H3. The quantitative estimate of drug-likeness (QED) is 0.838. The zero-order chi connectivity index (χ0) is 12.6. The fourth-order valence-corrected chi connectivity index (χ4v) is 1.14. The van der Waals surface area contributed by atoms with Crippen LogP contribution < -0.4 is 5.73 Å². The fraction of sp³-hybridized carbons (Fsp3) is 0.833. The first-order chi connectivity index (χ1) is 7.10.